The van der Waals surface area contributed by atoms with Crippen molar-refractivity contribution in [3.05, 3.63) is 48.0 Å². The maximum absolute atomic E-state index is 12.2. The molecule has 1 heterocycles. The van der Waals surface area contributed by atoms with E-state index in [2.05, 4.69) is 35.6 Å². The van der Waals surface area contributed by atoms with Gasteiger partial charge in [0.05, 0.1) is 6.54 Å². The highest BCUT2D eigenvalue weighted by Crippen LogP contribution is 2.17. The van der Waals surface area contributed by atoms with Crippen LogP contribution in [0.5, 0.6) is 0 Å². The molecule has 0 atom stereocenters. The van der Waals surface area contributed by atoms with Crippen molar-refractivity contribution in [2.45, 2.75) is 31.7 Å². The summed E-state index contributed by atoms with van der Waals surface area (Å²) in [6, 6.07) is 14.8. The van der Waals surface area contributed by atoms with Crippen molar-refractivity contribution in [1.29, 1.82) is 0 Å². The van der Waals surface area contributed by atoms with Crippen LogP contribution in [0.15, 0.2) is 42.5 Å². The van der Waals surface area contributed by atoms with Gasteiger partial charge in [-0.3, -0.25) is 14.5 Å². The number of carbonyl (C=O) groups excluding carboxylic acids is 2. The standard InChI is InChI=1S/C20H25N3O2/c21-19(24)14-23-11-9-18(10-12-23)22-20(25)8-6-15-5-7-16-3-1-2-4-17(16)13-15/h1-5,7,13,18H,6,8-12,14H2,(H2,21,24)(H,22,25). The molecule has 1 saturated heterocycles. The number of aryl methyl sites for hydroxylation is 1. The van der Waals surface area contributed by atoms with E-state index < -0.39 is 0 Å². The molecule has 2 amide bonds. The fraction of sp³-hybridized carbons (Fsp3) is 0.400. The largest absolute Gasteiger partial charge is 0.369 e. The van der Waals surface area contributed by atoms with E-state index in [-0.39, 0.29) is 17.9 Å². The number of primary amides is 1. The summed E-state index contributed by atoms with van der Waals surface area (Å²) in [5.41, 5.74) is 6.40. The van der Waals surface area contributed by atoms with Gasteiger partial charge in [0.2, 0.25) is 11.8 Å². The molecule has 1 aliphatic rings. The second-order valence-electron chi connectivity index (χ2n) is 6.77. The van der Waals surface area contributed by atoms with E-state index in [1.165, 1.54) is 16.3 Å². The highest BCUT2D eigenvalue weighted by atomic mass is 16.2. The molecule has 132 valence electrons. The highest BCUT2D eigenvalue weighted by molar-refractivity contribution is 5.83. The normalized spacial score (nSPS) is 16.0. The summed E-state index contributed by atoms with van der Waals surface area (Å²) >= 11 is 0. The van der Waals surface area contributed by atoms with E-state index >= 15 is 0 Å². The van der Waals surface area contributed by atoms with Crippen molar-refractivity contribution in [2.75, 3.05) is 19.6 Å². The van der Waals surface area contributed by atoms with Gasteiger partial charge in [0.15, 0.2) is 0 Å². The van der Waals surface area contributed by atoms with Crippen LogP contribution in [-0.2, 0) is 16.0 Å². The first-order chi connectivity index (χ1) is 12.1. The minimum atomic E-state index is -0.294. The smallest absolute Gasteiger partial charge is 0.231 e. The van der Waals surface area contributed by atoms with E-state index in [9.17, 15) is 9.59 Å². The Bertz CT molecular complexity index is 751. The lowest BCUT2D eigenvalue weighted by atomic mass is 10.0. The average molecular weight is 339 g/mol. The van der Waals surface area contributed by atoms with Crippen LogP contribution in [-0.4, -0.2) is 42.4 Å². The number of fused-ring (bicyclic) bond motifs is 1. The summed E-state index contributed by atoms with van der Waals surface area (Å²) in [4.78, 5) is 25.2. The Labute approximate surface area is 148 Å². The summed E-state index contributed by atoms with van der Waals surface area (Å²) in [5.74, 6) is -0.195. The summed E-state index contributed by atoms with van der Waals surface area (Å²) in [5, 5.41) is 5.55. The van der Waals surface area contributed by atoms with Gasteiger partial charge in [-0.25, -0.2) is 0 Å². The molecule has 25 heavy (non-hydrogen) atoms. The van der Waals surface area contributed by atoms with Gasteiger partial charge in [0.25, 0.3) is 0 Å². The van der Waals surface area contributed by atoms with Crippen LogP contribution in [0.25, 0.3) is 10.8 Å². The van der Waals surface area contributed by atoms with Gasteiger partial charge >= 0.3 is 0 Å². The number of hydrogen-bond donors (Lipinski definition) is 2. The van der Waals surface area contributed by atoms with Crippen LogP contribution in [0.2, 0.25) is 0 Å². The Morgan fingerprint density at radius 3 is 2.52 bits per heavy atom. The van der Waals surface area contributed by atoms with Gasteiger partial charge in [-0.05, 0) is 35.6 Å². The van der Waals surface area contributed by atoms with Crippen molar-refractivity contribution < 1.29 is 9.59 Å². The topological polar surface area (TPSA) is 75.4 Å². The quantitative estimate of drug-likeness (QED) is 0.843. The number of hydrogen-bond acceptors (Lipinski definition) is 3. The molecular weight excluding hydrogens is 314 g/mol. The molecule has 3 N–H and O–H groups in total. The molecule has 1 aliphatic heterocycles. The summed E-state index contributed by atoms with van der Waals surface area (Å²) in [6.07, 6.45) is 2.99. The first-order valence-electron chi connectivity index (χ1n) is 8.88. The number of piperidine rings is 1. The van der Waals surface area contributed by atoms with Crippen molar-refractivity contribution in [2.24, 2.45) is 5.73 Å². The molecule has 3 rings (SSSR count). The Hall–Kier alpha value is -2.40. The SMILES string of the molecule is NC(=O)CN1CCC(NC(=O)CCc2ccc3ccccc3c2)CC1. The number of nitrogens with zero attached hydrogens (tertiary/aromatic N) is 1. The van der Waals surface area contributed by atoms with Crippen molar-refractivity contribution in [1.82, 2.24) is 10.2 Å². The van der Waals surface area contributed by atoms with Crippen LogP contribution in [0.1, 0.15) is 24.8 Å². The van der Waals surface area contributed by atoms with Crippen LogP contribution in [0.4, 0.5) is 0 Å². The first-order valence-corrected chi connectivity index (χ1v) is 8.88. The number of carbonyl (C=O) groups is 2. The second-order valence-corrected chi connectivity index (χ2v) is 6.77. The second kappa shape index (κ2) is 8.12. The van der Waals surface area contributed by atoms with Crippen molar-refractivity contribution >= 4 is 22.6 Å². The maximum Gasteiger partial charge on any atom is 0.231 e. The van der Waals surface area contributed by atoms with Crippen LogP contribution in [0.3, 0.4) is 0 Å². The van der Waals surface area contributed by atoms with Gasteiger partial charge in [0.1, 0.15) is 0 Å². The van der Waals surface area contributed by atoms with E-state index in [0.29, 0.717) is 13.0 Å². The molecule has 1 fully saturated rings. The van der Waals surface area contributed by atoms with Gasteiger partial charge < -0.3 is 11.1 Å². The zero-order valence-electron chi connectivity index (χ0n) is 14.4. The van der Waals surface area contributed by atoms with Gasteiger partial charge in [-0.15, -0.1) is 0 Å². The Kier molecular flexibility index (Phi) is 5.66. The zero-order valence-corrected chi connectivity index (χ0v) is 14.4. The lowest BCUT2D eigenvalue weighted by molar-refractivity contribution is -0.123. The maximum atomic E-state index is 12.2. The van der Waals surface area contributed by atoms with E-state index in [1.807, 2.05) is 17.0 Å². The Morgan fingerprint density at radius 1 is 1.08 bits per heavy atom. The van der Waals surface area contributed by atoms with E-state index in [1.54, 1.807) is 0 Å². The predicted octanol–water partition coefficient (Wildman–Crippen LogP) is 1.84. The number of likely N-dealkylation sites (tertiary alicyclic amines) is 1. The third kappa shape index (κ3) is 5.03. The molecule has 0 bridgehead atoms. The fourth-order valence-electron chi connectivity index (χ4n) is 3.41. The van der Waals surface area contributed by atoms with Gasteiger partial charge in [-0.2, -0.15) is 0 Å². The number of rotatable bonds is 6. The molecule has 5 nitrogen and oxygen atoms in total. The number of amides is 2. The van der Waals surface area contributed by atoms with E-state index in [0.717, 1.165) is 32.4 Å². The Balaban J connectivity index is 1.44. The van der Waals surface area contributed by atoms with Crippen molar-refractivity contribution in [3.63, 3.8) is 0 Å². The number of benzene rings is 2. The lowest BCUT2D eigenvalue weighted by Crippen LogP contribution is -2.46. The van der Waals surface area contributed by atoms with Crippen LogP contribution in [0, 0.1) is 0 Å². The first kappa shape index (κ1) is 17.4. The molecule has 2 aromatic carbocycles. The molecule has 0 radical (unpaired) electrons. The van der Waals surface area contributed by atoms with Crippen molar-refractivity contribution in [3.8, 4) is 0 Å². The summed E-state index contributed by atoms with van der Waals surface area (Å²) in [6.45, 7) is 1.92. The third-order valence-corrected chi connectivity index (χ3v) is 4.79. The molecular formula is C20H25N3O2. The molecule has 0 aliphatic carbocycles. The number of nitrogens with two attached hydrogens (primary N) is 1. The molecule has 0 spiro atoms. The highest BCUT2D eigenvalue weighted by Gasteiger charge is 2.21. The number of nitrogens with one attached hydrogen (secondary N) is 1. The lowest BCUT2D eigenvalue weighted by Gasteiger charge is -2.31. The molecule has 0 aromatic heterocycles. The summed E-state index contributed by atoms with van der Waals surface area (Å²) < 4.78 is 0. The zero-order chi connectivity index (χ0) is 17.6. The minimum absolute atomic E-state index is 0.0986. The van der Waals surface area contributed by atoms with Crippen LogP contribution >= 0.6 is 0 Å². The fourth-order valence-corrected chi connectivity index (χ4v) is 3.41. The summed E-state index contributed by atoms with van der Waals surface area (Å²) in [7, 11) is 0. The van der Waals surface area contributed by atoms with E-state index in [4.69, 9.17) is 5.73 Å². The Morgan fingerprint density at radius 2 is 1.80 bits per heavy atom. The minimum Gasteiger partial charge on any atom is -0.369 e. The monoisotopic (exact) mass is 339 g/mol. The molecule has 2 aromatic rings. The molecule has 0 saturated carbocycles. The third-order valence-electron chi connectivity index (χ3n) is 4.79. The predicted molar refractivity (Wildman–Crippen MR) is 99.1 cm³/mol. The van der Waals surface area contributed by atoms with Crippen LogP contribution < -0.4 is 11.1 Å². The van der Waals surface area contributed by atoms with Gasteiger partial charge in [-0.1, -0.05) is 42.5 Å². The average Bonchev–Trinajstić information content (AvgIpc) is 2.61. The molecule has 0 unspecified atom stereocenters. The van der Waals surface area contributed by atoms with Gasteiger partial charge in [0, 0.05) is 25.6 Å². The molecule has 5 heteroatoms.